The molecule has 24 heavy (non-hydrogen) atoms. The van der Waals surface area contributed by atoms with Crippen molar-refractivity contribution in [3.63, 3.8) is 0 Å². The lowest BCUT2D eigenvalue weighted by Gasteiger charge is -2.41. The summed E-state index contributed by atoms with van der Waals surface area (Å²) in [5, 5.41) is 3.20. The maximum atomic E-state index is 12.9. The number of furan rings is 1. The third kappa shape index (κ3) is 2.68. The molecule has 0 saturated heterocycles. The second kappa shape index (κ2) is 5.65. The molecule has 2 aliphatic rings. The molecule has 128 valence electrons. The molecule has 2 heterocycles. The summed E-state index contributed by atoms with van der Waals surface area (Å²) in [7, 11) is 1.34. The lowest BCUT2D eigenvalue weighted by atomic mass is 9.67. The van der Waals surface area contributed by atoms with Gasteiger partial charge in [-0.05, 0) is 30.9 Å². The molecule has 0 amide bonds. The molecular formula is C19H23NO4. The molecule has 2 unspecified atom stereocenters. The number of hydrogen-bond donors (Lipinski definition) is 1. The van der Waals surface area contributed by atoms with Gasteiger partial charge in [0.25, 0.3) is 0 Å². The van der Waals surface area contributed by atoms with Crippen LogP contribution in [0, 0.1) is 18.3 Å². The summed E-state index contributed by atoms with van der Waals surface area (Å²) in [5.41, 5.74) is 1.90. The molecule has 0 fully saturated rings. The normalized spacial score (nSPS) is 26.0. The highest BCUT2D eigenvalue weighted by Gasteiger charge is 2.47. The van der Waals surface area contributed by atoms with E-state index in [0.29, 0.717) is 23.5 Å². The second-order valence-electron chi connectivity index (χ2n) is 7.41. The largest absolute Gasteiger partial charge is 0.468 e. The SMILES string of the molecule is C=C1NC2=C(C(=O)CC(C)(C)C2)C(c2ccc(C)o2)C1C(=O)OC. The number of nitrogens with one attached hydrogen (secondary N) is 1. The van der Waals surface area contributed by atoms with Crippen LogP contribution in [0.3, 0.4) is 0 Å². The first-order valence-corrected chi connectivity index (χ1v) is 8.10. The predicted octanol–water partition coefficient (Wildman–Crippen LogP) is 3.22. The van der Waals surface area contributed by atoms with E-state index in [1.807, 2.05) is 19.1 Å². The second-order valence-corrected chi connectivity index (χ2v) is 7.41. The molecule has 1 N–H and O–H groups in total. The first-order chi connectivity index (χ1) is 11.2. The van der Waals surface area contributed by atoms with E-state index in [9.17, 15) is 9.59 Å². The molecule has 0 radical (unpaired) electrons. The van der Waals surface area contributed by atoms with Gasteiger partial charge in [-0.15, -0.1) is 0 Å². The van der Waals surface area contributed by atoms with E-state index in [2.05, 4.69) is 25.7 Å². The number of rotatable bonds is 2. The quantitative estimate of drug-likeness (QED) is 0.844. The molecule has 0 spiro atoms. The summed E-state index contributed by atoms with van der Waals surface area (Å²) in [6.45, 7) is 9.99. The van der Waals surface area contributed by atoms with Gasteiger partial charge >= 0.3 is 5.97 Å². The van der Waals surface area contributed by atoms with Crippen molar-refractivity contribution < 1.29 is 18.7 Å². The Morgan fingerprint density at radius 3 is 2.67 bits per heavy atom. The summed E-state index contributed by atoms with van der Waals surface area (Å²) in [4.78, 5) is 25.3. The molecule has 5 nitrogen and oxygen atoms in total. The topological polar surface area (TPSA) is 68.5 Å². The van der Waals surface area contributed by atoms with Gasteiger partial charge in [-0.25, -0.2) is 0 Å². The molecule has 0 saturated carbocycles. The third-order valence-electron chi connectivity index (χ3n) is 4.77. The van der Waals surface area contributed by atoms with Crippen LogP contribution in [0.5, 0.6) is 0 Å². The highest BCUT2D eigenvalue weighted by molar-refractivity contribution is 6.00. The van der Waals surface area contributed by atoms with Crippen LogP contribution in [0.1, 0.15) is 44.1 Å². The Hall–Kier alpha value is -2.30. The van der Waals surface area contributed by atoms with Crippen molar-refractivity contribution in [1.82, 2.24) is 5.32 Å². The number of carbonyl (C=O) groups is 2. The van der Waals surface area contributed by atoms with E-state index >= 15 is 0 Å². The van der Waals surface area contributed by atoms with E-state index in [1.165, 1.54) is 7.11 Å². The fourth-order valence-corrected chi connectivity index (χ4v) is 3.78. The lowest BCUT2D eigenvalue weighted by Crippen LogP contribution is -2.43. The van der Waals surface area contributed by atoms with Crippen molar-refractivity contribution in [3.05, 3.63) is 47.2 Å². The lowest BCUT2D eigenvalue weighted by molar-refractivity contribution is -0.145. The van der Waals surface area contributed by atoms with Gasteiger partial charge in [0, 0.05) is 23.4 Å². The van der Waals surface area contributed by atoms with Crippen LogP contribution in [0.4, 0.5) is 0 Å². The van der Waals surface area contributed by atoms with Crippen LogP contribution >= 0.6 is 0 Å². The first kappa shape index (κ1) is 16.6. The minimum absolute atomic E-state index is 0.0502. The van der Waals surface area contributed by atoms with Gasteiger partial charge in [-0.3, -0.25) is 9.59 Å². The monoisotopic (exact) mass is 329 g/mol. The Kier molecular flexibility index (Phi) is 3.90. The van der Waals surface area contributed by atoms with Crippen LogP contribution in [0.25, 0.3) is 0 Å². The zero-order chi connectivity index (χ0) is 17.6. The summed E-state index contributed by atoms with van der Waals surface area (Å²) in [5.74, 6) is -0.192. The molecule has 3 rings (SSSR count). The Labute approximate surface area is 141 Å². The summed E-state index contributed by atoms with van der Waals surface area (Å²) >= 11 is 0. The van der Waals surface area contributed by atoms with Gasteiger partial charge in [0.1, 0.15) is 17.4 Å². The molecule has 2 atom stereocenters. The highest BCUT2D eigenvalue weighted by atomic mass is 16.5. The highest BCUT2D eigenvalue weighted by Crippen LogP contribution is 2.48. The van der Waals surface area contributed by atoms with E-state index in [4.69, 9.17) is 9.15 Å². The molecule has 1 aliphatic heterocycles. The van der Waals surface area contributed by atoms with Crippen molar-refractivity contribution >= 4 is 11.8 Å². The number of esters is 1. The third-order valence-corrected chi connectivity index (χ3v) is 4.77. The molecular weight excluding hydrogens is 306 g/mol. The van der Waals surface area contributed by atoms with Gasteiger partial charge < -0.3 is 14.5 Å². The molecule has 1 aromatic heterocycles. The van der Waals surface area contributed by atoms with Crippen LogP contribution in [-0.4, -0.2) is 18.9 Å². The van der Waals surface area contributed by atoms with Crippen molar-refractivity contribution in [2.75, 3.05) is 7.11 Å². The number of Topliss-reactive ketones (excluding diaryl/α,β-unsaturated/α-hetero) is 1. The van der Waals surface area contributed by atoms with Crippen molar-refractivity contribution in [2.45, 2.75) is 39.5 Å². The van der Waals surface area contributed by atoms with Crippen molar-refractivity contribution in [1.29, 1.82) is 0 Å². The Morgan fingerprint density at radius 2 is 2.08 bits per heavy atom. The Bertz CT molecular complexity index is 753. The van der Waals surface area contributed by atoms with E-state index in [-0.39, 0.29) is 11.2 Å². The van der Waals surface area contributed by atoms with Crippen LogP contribution in [-0.2, 0) is 14.3 Å². The predicted molar refractivity (Wildman–Crippen MR) is 89.0 cm³/mol. The number of hydrogen-bond acceptors (Lipinski definition) is 5. The number of carbonyl (C=O) groups excluding carboxylic acids is 2. The van der Waals surface area contributed by atoms with Gasteiger partial charge in [0.15, 0.2) is 5.78 Å². The molecule has 0 aromatic carbocycles. The maximum Gasteiger partial charge on any atom is 0.315 e. The van der Waals surface area contributed by atoms with Crippen LogP contribution in [0.2, 0.25) is 0 Å². The average molecular weight is 329 g/mol. The minimum Gasteiger partial charge on any atom is -0.468 e. The standard InChI is InChI=1S/C19H23NO4/c1-10-6-7-14(24-10)17-15(18(22)23-5)11(2)20-12-8-19(3,4)9-13(21)16(12)17/h6-7,15,17,20H,2,8-9H2,1,3-5H3. The van der Waals surface area contributed by atoms with Crippen LogP contribution in [0.15, 0.2) is 40.1 Å². The molecule has 1 aliphatic carbocycles. The van der Waals surface area contributed by atoms with Gasteiger partial charge in [-0.1, -0.05) is 20.4 Å². The van der Waals surface area contributed by atoms with E-state index in [0.717, 1.165) is 17.9 Å². The Balaban J connectivity index is 2.17. The Morgan fingerprint density at radius 1 is 1.38 bits per heavy atom. The van der Waals surface area contributed by atoms with Gasteiger partial charge in [0.2, 0.25) is 0 Å². The van der Waals surface area contributed by atoms with Crippen LogP contribution < -0.4 is 5.32 Å². The zero-order valence-electron chi connectivity index (χ0n) is 14.6. The first-order valence-electron chi connectivity index (χ1n) is 8.10. The zero-order valence-corrected chi connectivity index (χ0v) is 14.6. The summed E-state index contributed by atoms with van der Waals surface area (Å²) < 4.78 is 10.7. The fraction of sp³-hybridized carbons (Fsp3) is 0.474. The number of allylic oxidation sites excluding steroid dienone is 2. The minimum atomic E-state index is -0.676. The maximum absolute atomic E-state index is 12.9. The smallest absolute Gasteiger partial charge is 0.315 e. The van der Waals surface area contributed by atoms with Gasteiger partial charge in [-0.2, -0.15) is 0 Å². The van der Waals surface area contributed by atoms with Crippen molar-refractivity contribution in [3.8, 4) is 0 Å². The number of ketones is 1. The number of aryl methyl sites for hydroxylation is 1. The van der Waals surface area contributed by atoms with Crippen molar-refractivity contribution in [2.24, 2.45) is 11.3 Å². The average Bonchev–Trinajstić information content (AvgIpc) is 2.90. The fourth-order valence-electron chi connectivity index (χ4n) is 3.78. The number of ether oxygens (including phenoxy) is 1. The van der Waals surface area contributed by atoms with E-state index < -0.39 is 17.8 Å². The summed E-state index contributed by atoms with van der Waals surface area (Å²) in [6, 6.07) is 3.66. The molecule has 5 heteroatoms. The van der Waals surface area contributed by atoms with E-state index in [1.54, 1.807) is 0 Å². The molecule has 1 aromatic rings. The van der Waals surface area contributed by atoms with Gasteiger partial charge in [0.05, 0.1) is 13.0 Å². The number of methoxy groups -OCH3 is 1. The molecule has 0 bridgehead atoms. The summed E-state index contributed by atoms with van der Waals surface area (Å²) in [6.07, 6.45) is 1.18.